The maximum absolute atomic E-state index is 12.1. The van der Waals surface area contributed by atoms with Crippen LogP contribution in [0.2, 0.25) is 0 Å². The molecular weight excluding hydrogens is 270 g/mol. The monoisotopic (exact) mass is 285 g/mol. The van der Waals surface area contributed by atoms with Crippen LogP contribution >= 0.6 is 11.3 Å². The van der Waals surface area contributed by atoms with Crippen LogP contribution in [0.25, 0.3) is 0 Å². The molecule has 1 saturated carbocycles. The van der Waals surface area contributed by atoms with Gasteiger partial charge in [0.05, 0.1) is 0 Å². The van der Waals surface area contributed by atoms with Gasteiger partial charge in [0.15, 0.2) is 5.78 Å². The van der Waals surface area contributed by atoms with Crippen LogP contribution in [0.5, 0.6) is 0 Å². The first kappa shape index (κ1) is 13.1. The van der Waals surface area contributed by atoms with E-state index in [9.17, 15) is 9.59 Å². The van der Waals surface area contributed by atoms with Crippen LogP contribution in [-0.2, 0) is 4.79 Å². The molecule has 0 radical (unpaired) electrons. The maximum atomic E-state index is 12.1. The number of anilines is 1. The third-order valence-corrected chi connectivity index (χ3v) is 4.60. The number of rotatable bonds is 4. The molecule has 1 N–H and O–H groups in total. The van der Waals surface area contributed by atoms with Gasteiger partial charge >= 0.3 is 0 Å². The molecule has 3 nitrogen and oxygen atoms in total. The van der Waals surface area contributed by atoms with E-state index in [0.717, 1.165) is 12.1 Å². The van der Waals surface area contributed by atoms with Crippen molar-refractivity contribution in [2.24, 2.45) is 5.92 Å². The van der Waals surface area contributed by atoms with E-state index in [0.29, 0.717) is 11.5 Å². The first-order chi connectivity index (χ1) is 9.65. The van der Waals surface area contributed by atoms with Gasteiger partial charge in [0.1, 0.15) is 0 Å². The number of nitrogens with one attached hydrogen (secondary N) is 1. The minimum atomic E-state index is 0.0304. The zero-order valence-corrected chi connectivity index (χ0v) is 11.9. The Morgan fingerprint density at radius 3 is 2.55 bits per heavy atom. The molecule has 1 aliphatic rings. The van der Waals surface area contributed by atoms with Crippen molar-refractivity contribution >= 4 is 28.7 Å². The Balaban J connectivity index is 1.61. The Hall–Kier alpha value is -1.94. The molecule has 1 amide bonds. The number of ketones is 1. The highest BCUT2D eigenvalue weighted by Crippen LogP contribution is 2.49. The molecule has 1 fully saturated rings. The summed E-state index contributed by atoms with van der Waals surface area (Å²) in [5.41, 5.74) is 1.41. The second-order valence-corrected chi connectivity index (χ2v) is 6.07. The van der Waals surface area contributed by atoms with Gasteiger partial charge < -0.3 is 5.32 Å². The Bertz CT molecular complexity index is 631. The van der Waals surface area contributed by atoms with Gasteiger partial charge in [-0.15, -0.1) is 11.3 Å². The van der Waals surface area contributed by atoms with Crippen molar-refractivity contribution < 1.29 is 9.59 Å². The van der Waals surface area contributed by atoms with Gasteiger partial charge in [0.2, 0.25) is 5.91 Å². The number of Topliss-reactive ketones (excluding diaryl/α,β-unsaturated/α-hetero) is 1. The molecule has 0 bridgehead atoms. The highest BCUT2D eigenvalue weighted by Gasteiger charge is 2.44. The predicted molar refractivity (Wildman–Crippen MR) is 80.2 cm³/mol. The number of carbonyl (C=O) groups excluding carboxylic acids is 2. The fraction of sp³-hybridized carbons (Fsp3) is 0.250. The molecular formula is C16H15NO2S. The molecule has 1 heterocycles. The van der Waals surface area contributed by atoms with Crippen LogP contribution in [0.1, 0.15) is 34.5 Å². The lowest BCUT2D eigenvalue weighted by Gasteiger charge is -2.05. The lowest BCUT2D eigenvalue weighted by atomic mass is 10.1. The SMILES string of the molecule is CC(=O)c1ccc(NC(=O)C2CC2c2cccs2)cc1. The fourth-order valence-electron chi connectivity index (χ4n) is 2.32. The van der Waals surface area contributed by atoms with Gasteiger partial charge in [0, 0.05) is 28.0 Å². The molecule has 102 valence electrons. The molecule has 20 heavy (non-hydrogen) atoms. The summed E-state index contributed by atoms with van der Waals surface area (Å²) in [6, 6.07) is 11.1. The molecule has 4 heteroatoms. The molecule has 1 aromatic heterocycles. The predicted octanol–water partition coefficient (Wildman–Crippen LogP) is 3.69. The van der Waals surface area contributed by atoms with Gasteiger partial charge in [-0.05, 0) is 49.1 Å². The van der Waals surface area contributed by atoms with Crippen molar-refractivity contribution in [1.29, 1.82) is 0 Å². The lowest BCUT2D eigenvalue weighted by molar-refractivity contribution is -0.117. The summed E-state index contributed by atoms with van der Waals surface area (Å²) in [6.45, 7) is 1.53. The zero-order chi connectivity index (χ0) is 14.1. The summed E-state index contributed by atoms with van der Waals surface area (Å²) >= 11 is 1.71. The fourth-order valence-corrected chi connectivity index (χ4v) is 3.23. The van der Waals surface area contributed by atoms with E-state index < -0.39 is 0 Å². The molecule has 1 aromatic carbocycles. The summed E-state index contributed by atoms with van der Waals surface area (Å²) in [5, 5.41) is 4.96. The highest BCUT2D eigenvalue weighted by atomic mass is 32.1. The highest BCUT2D eigenvalue weighted by molar-refractivity contribution is 7.10. The Labute approximate surface area is 121 Å². The summed E-state index contributed by atoms with van der Waals surface area (Å²) in [7, 11) is 0. The van der Waals surface area contributed by atoms with Crippen molar-refractivity contribution in [1.82, 2.24) is 0 Å². The van der Waals surface area contributed by atoms with Crippen LogP contribution in [0, 0.1) is 5.92 Å². The zero-order valence-electron chi connectivity index (χ0n) is 11.1. The van der Waals surface area contributed by atoms with Crippen molar-refractivity contribution in [2.45, 2.75) is 19.3 Å². The van der Waals surface area contributed by atoms with Crippen LogP contribution in [0.15, 0.2) is 41.8 Å². The topological polar surface area (TPSA) is 46.2 Å². The van der Waals surface area contributed by atoms with E-state index in [1.807, 2.05) is 11.4 Å². The van der Waals surface area contributed by atoms with Crippen molar-refractivity contribution in [3.63, 3.8) is 0 Å². The Kier molecular flexibility index (Phi) is 3.40. The van der Waals surface area contributed by atoms with E-state index in [-0.39, 0.29) is 17.6 Å². The van der Waals surface area contributed by atoms with Crippen LogP contribution in [-0.4, -0.2) is 11.7 Å². The summed E-state index contributed by atoms with van der Waals surface area (Å²) in [6.07, 6.45) is 0.928. The third-order valence-electron chi connectivity index (χ3n) is 3.59. The van der Waals surface area contributed by atoms with E-state index in [2.05, 4.69) is 11.4 Å². The average molecular weight is 285 g/mol. The number of amides is 1. The first-order valence-electron chi connectivity index (χ1n) is 6.60. The molecule has 0 aliphatic heterocycles. The largest absolute Gasteiger partial charge is 0.326 e. The molecule has 2 unspecified atom stereocenters. The first-order valence-corrected chi connectivity index (χ1v) is 7.48. The number of thiophene rings is 1. The van der Waals surface area contributed by atoms with Crippen LogP contribution in [0.4, 0.5) is 5.69 Å². The summed E-state index contributed by atoms with van der Waals surface area (Å²) in [4.78, 5) is 24.6. The summed E-state index contributed by atoms with van der Waals surface area (Å²) < 4.78 is 0. The lowest BCUT2D eigenvalue weighted by Crippen LogP contribution is -2.14. The third kappa shape index (κ3) is 2.65. The molecule has 2 atom stereocenters. The van der Waals surface area contributed by atoms with Gasteiger partial charge in [-0.25, -0.2) is 0 Å². The van der Waals surface area contributed by atoms with Gasteiger partial charge in [-0.2, -0.15) is 0 Å². The van der Waals surface area contributed by atoms with Gasteiger partial charge in [-0.1, -0.05) is 6.07 Å². The van der Waals surface area contributed by atoms with Crippen molar-refractivity contribution in [2.75, 3.05) is 5.32 Å². The minimum absolute atomic E-state index is 0.0304. The Morgan fingerprint density at radius 2 is 1.95 bits per heavy atom. The molecule has 1 aliphatic carbocycles. The van der Waals surface area contributed by atoms with E-state index in [4.69, 9.17) is 0 Å². The van der Waals surface area contributed by atoms with Crippen molar-refractivity contribution in [3.8, 4) is 0 Å². The van der Waals surface area contributed by atoms with Gasteiger partial charge in [-0.3, -0.25) is 9.59 Å². The summed E-state index contributed by atoms with van der Waals surface area (Å²) in [5.74, 6) is 0.564. The Morgan fingerprint density at radius 1 is 1.20 bits per heavy atom. The molecule has 2 aromatic rings. The van der Waals surface area contributed by atoms with Gasteiger partial charge in [0.25, 0.3) is 0 Å². The maximum Gasteiger partial charge on any atom is 0.228 e. The number of carbonyl (C=O) groups is 2. The standard InChI is InChI=1S/C16H15NO2S/c1-10(18)11-4-6-12(7-5-11)17-16(19)14-9-13(14)15-3-2-8-20-15/h2-8,13-14H,9H2,1H3,(H,17,19). The minimum Gasteiger partial charge on any atom is -0.326 e. The second-order valence-electron chi connectivity index (χ2n) is 5.09. The quantitative estimate of drug-likeness (QED) is 0.871. The van der Waals surface area contributed by atoms with E-state index in [1.165, 1.54) is 11.8 Å². The molecule has 0 saturated heterocycles. The average Bonchev–Trinajstić information content (AvgIpc) is 3.06. The number of hydrogen-bond acceptors (Lipinski definition) is 3. The normalized spacial score (nSPS) is 20.4. The number of benzene rings is 1. The smallest absolute Gasteiger partial charge is 0.228 e. The van der Waals surface area contributed by atoms with Crippen molar-refractivity contribution in [3.05, 3.63) is 52.2 Å². The molecule has 0 spiro atoms. The second kappa shape index (κ2) is 5.21. The van der Waals surface area contributed by atoms with E-state index >= 15 is 0 Å². The number of hydrogen-bond donors (Lipinski definition) is 1. The molecule has 3 rings (SSSR count). The van der Waals surface area contributed by atoms with Crippen LogP contribution < -0.4 is 5.32 Å². The van der Waals surface area contributed by atoms with E-state index in [1.54, 1.807) is 35.6 Å². The van der Waals surface area contributed by atoms with Crippen LogP contribution in [0.3, 0.4) is 0 Å².